The van der Waals surface area contributed by atoms with Gasteiger partial charge in [-0.2, -0.15) is 0 Å². The molecule has 0 aliphatic carbocycles. The fourth-order valence-electron chi connectivity index (χ4n) is 4.19. The average Bonchev–Trinajstić information content (AvgIpc) is 3.10. The monoisotopic (exact) mass is 484 g/mol. The van der Waals surface area contributed by atoms with E-state index < -0.39 is 29.5 Å². The second kappa shape index (κ2) is 10.3. The van der Waals surface area contributed by atoms with Gasteiger partial charge >= 0.3 is 11.6 Å². The van der Waals surface area contributed by atoms with Gasteiger partial charge in [-0.1, -0.05) is 20.3 Å². The van der Waals surface area contributed by atoms with Crippen LogP contribution in [0.1, 0.15) is 54.7 Å². The molecule has 3 N–H and O–H groups in total. The van der Waals surface area contributed by atoms with E-state index in [2.05, 4.69) is 10.6 Å². The van der Waals surface area contributed by atoms with Crippen molar-refractivity contribution in [3.05, 3.63) is 44.5 Å². The van der Waals surface area contributed by atoms with Crippen molar-refractivity contribution in [3.63, 3.8) is 0 Å². The molecule has 35 heavy (non-hydrogen) atoms. The highest BCUT2D eigenvalue weighted by atomic mass is 16.4. The first-order valence-electron chi connectivity index (χ1n) is 11.7. The molecule has 0 aliphatic rings. The number of fused-ring (bicyclic) bond motifs is 2. The number of aliphatic carboxylic acids is 1. The molecule has 9 heteroatoms. The van der Waals surface area contributed by atoms with Gasteiger partial charge in [0.2, 0.25) is 11.8 Å². The Balaban J connectivity index is 1.72. The van der Waals surface area contributed by atoms with Gasteiger partial charge in [-0.05, 0) is 57.2 Å². The largest absolute Gasteiger partial charge is 0.480 e. The number of hydrogen-bond acceptors (Lipinski definition) is 6. The smallest absolute Gasteiger partial charge is 0.339 e. The van der Waals surface area contributed by atoms with E-state index >= 15 is 0 Å². The summed E-state index contributed by atoms with van der Waals surface area (Å²) in [5.74, 6) is -1.58. The van der Waals surface area contributed by atoms with E-state index in [1.54, 1.807) is 6.92 Å². The Morgan fingerprint density at radius 2 is 1.60 bits per heavy atom. The highest BCUT2D eigenvalue weighted by Gasteiger charge is 2.25. The first kappa shape index (κ1) is 26.0. The van der Waals surface area contributed by atoms with Crippen molar-refractivity contribution in [3.8, 4) is 0 Å². The summed E-state index contributed by atoms with van der Waals surface area (Å²) in [4.78, 5) is 48.5. The number of hydrogen-bond donors (Lipinski definition) is 3. The van der Waals surface area contributed by atoms with Crippen molar-refractivity contribution < 1.29 is 28.3 Å². The van der Waals surface area contributed by atoms with E-state index in [-0.39, 0.29) is 25.3 Å². The summed E-state index contributed by atoms with van der Waals surface area (Å²) in [6.07, 6.45) is 0.702. The average molecular weight is 485 g/mol. The Labute approximate surface area is 202 Å². The fourth-order valence-corrected chi connectivity index (χ4v) is 4.19. The van der Waals surface area contributed by atoms with Crippen LogP contribution in [0.25, 0.3) is 21.9 Å². The van der Waals surface area contributed by atoms with Crippen molar-refractivity contribution in [2.45, 2.75) is 66.8 Å². The zero-order valence-corrected chi connectivity index (χ0v) is 21.0. The first-order valence-corrected chi connectivity index (χ1v) is 11.7. The van der Waals surface area contributed by atoms with E-state index in [1.807, 2.05) is 40.7 Å². The second-order valence-electron chi connectivity index (χ2n) is 9.08. The lowest BCUT2D eigenvalue weighted by atomic mass is 9.98. The third-order valence-corrected chi connectivity index (χ3v) is 6.79. The fraction of sp³-hybridized carbons (Fsp3) is 0.462. The molecule has 0 saturated carbocycles. The van der Waals surface area contributed by atoms with Crippen LogP contribution < -0.4 is 16.3 Å². The summed E-state index contributed by atoms with van der Waals surface area (Å²) in [6.45, 7) is 10.8. The van der Waals surface area contributed by atoms with Gasteiger partial charge in [0.15, 0.2) is 0 Å². The number of benzene rings is 1. The van der Waals surface area contributed by atoms with Crippen LogP contribution in [0.15, 0.2) is 19.7 Å². The van der Waals surface area contributed by atoms with Gasteiger partial charge in [0.1, 0.15) is 23.0 Å². The second-order valence-corrected chi connectivity index (χ2v) is 9.08. The Hall–Kier alpha value is -3.62. The number of carboxylic acids is 1. The number of carboxylic acid groups (broad SMARTS) is 1. The molecule has 0 radical (unpaired) electrons. The quantitative estimate of drug-likeness (QED) is 0.395. The van der Waals surface area contributed by atoms with Crippen LogP contribution in [0, 0.1) is 33.6 Å². The Morgan fingerprint density at radius 1 is 0.971 bits per heavy atom. The minimum Gasteiger partial charge on any atom is -0.480 e. The molecule has 2 unspecified atom stereocenters. The van der Waals surface area contributed by atoms with Crippen molar-refractivity contribution in [1.29, 1.82) is 0 Å². The maximum absolute atomic E-state index is 12.7. The lowest BCUT2D eigenvalue weighted by Crippen LogP contribution is -2.48. The minimum atomic E-state index is -1.12. The first-order chi connectivity index (χ1) is 16.5. The highest BCUT2D eigenvalue weighted by Crippen LogP contribution is 2.34. The molecule has 188 valence electrons. The van der Waals surface area contributed by atoms with E-state index in [4.69, 9.17) is 8.83 Å². The standard InChI is InChI=1S/C26H32N2O7/c1-7-12(2)22(25(31)32)28-21(30)11-27-20(29)9-8-17-14(4)19-10-18-13(3)16(6)34-23(18)15(5)24(19)35-26(17)33/h10,12,22H,7-9,11H2,1-6H3,(H,27,29)(H,28,30)(H,31,32). The summed E-state index contributed by atoms with van der Waals surface area (Å²) in [5, 5.41) is 15.9. The van der Waals surface area contributed by atoms with Crippen molar-refractivity contribution in [2.24, 2.45) is 5.92 Å². The SMILES string of the molecule is CCC(C)C(NC(=O)CNC(=O)CCc1c(C)c2cc3c(C)c(C)oc3c(C)c2oc1=O)C(=O)O. The number of carbonyl (C=O) groups is 3. The van der Waals surface area contributed by atoms with Crippen LogP contribution in [0.5, 0.6) is 0 Å². The third kappa shape index (κ3) is 5.23. The number of amides is 2. The predicted octanol–water partition coefficient (Wildman–Crippen LogP) is 3.44. The van der Waals surface area contributed by atoms with Crippen LogP contribution in [-0.2, 0) is 20.8 Å². The molecule has 2 amide bonds. The molecular weight excluding hydrogens is 452 g/mol. The summed E-state index contributed by atoms with van der Waals surface area (Å²) in [5.41, 5.74) is 3.56. The van der Waals surface area contributed by atoms with Crippen molar-refractivity contribution in [2.75, 3.05) is 6.54 Å². The molecule has 2 aromatic heterocycles. The van der Waals surface area contributed by atoms with Gasteiger partial charge < -0.3 is 24.6 Å². The zero-order valence-electron chi connectivity index (χ0n) is 21.0. The summed E-state index contributed by atoms with van der Waals surface area (Å²) < 4.78 is 11.5. The normalized spacial score (nSPS) is 13.1. The molecular formula is C26H32N2O7. The number of nitrogens with one attached hydrogen (secondary N) is 2. The molecule has 0 bridgehead atoms. The lowest BCUT2D eigenvalue weighted by molar-refractivity contribution is -0.143. The highest BCUT2D eigenvalue weighted by molar-refractivity contribution is 6.00. The van der Waals surface area contributed by atoms with Crippen molar-refractivity contribution >= 4 is 39.7 Å². The van der Waals surface area contributed by atoms with Gasteiger partial charge in [0.05, 0.1) is 6.54 Å². The summed E-state index contributed by atoms with van der Waals surface area (Å²) in [7, 11) is 0. The van der Waals surface area contributed by atoms with Crippen LogP contribution in [-0.4, -0.2) is 35.5 Å². The molecule has 2 heterocycles. The molecule has 1 aromatic carbocycles. The van der Waals surface area contributed by atoms with Gasteiger partial charge in [-0.25, -0.2) is 9.59 Å². The van der Waals surface area contributed by atoms with Gasteiger partial charge in [-0.3, -0.25) is 9.59 Å². The number of furan rings is 1. The topological polar surface area (TPSA) is 139 Å². The number of carbonyl (C=O) groups excluding carboxylic acids is 2. The summed E-state index contributed by atoms with van der Waals surface area (Å²) >= 11 is 0. The molecule has 3 aromatic rings. The molecule has 0 spiro atoms. The Bertz CT molecular complexity index is 1370. The van der Waals surface area contributed by atoms with E-state index in [0.29, 0.717) is 23.2 Å². The predicted molar refractivity (Wildman–Crippen MR) is 132 cm³/mol. The van der Waals surface area contributed by atoms with Crippen LogP contribution in [0.4, 0.5) is 0 Å². The maximum atomic E-state index is 12.7. The third-order valence-electron chi connectivity index (χ3n) is 6.79. The van der Waals surface area contributed by atoms with Crippen LogP contribution in [0.3, 0.4) is 0 Å². The molecule has 2 atom stereocenters. The molecule has 0 saturated heterocycles. The van der Waals surface area contributed by atoms with E-state index in [9.17, 15) is 24.3 Å². The van der Waals surface area contributed by atoms with Gasteiger partial charge in [0.25, 0.3) is 0 Å². The number of rotatable bonds is 9. The molecule has 9 nitrogen and oxygen atoms in total. The van der Waals surface area contributed by atoms with Crippen LogP contribution >= 0.6 is 0 Å². The Kier molecular flexibility index (Phi) is 7.67. The molecule has 3 rings (SSSR count). The number of aryl methyl sites for hydroxylation is 4. The minimum absolute atomic E-state index is 0.0246. The molecule has 0 aliphatic heterocycles. The lowest BCUT2D eigenvalue weighted by Gasteiger charge is -2.20. The van der Waals surface area contributed by atoms with Crippen molar-refractivity contribution in [1.82, 2.24) is 10.6 Å². The van der Waals surface area contributed by atoms with E-state index in [1.165, 1.54) is 0 Å². The van der Waals surface area contributed by atoms with Gasteiger partial charge in [-0.15, -0.1) is 0 Å². The summed E-state index contributed by atoms with van der Waals surface area (Å²) in [6, 6.07) is 0.929. The molecule has 0 fully saturated rings. The van der Waals surface area contributed by atoms with Crippen LogP contribution in [0.2, 0.25) is 0 Å². The zero-order chi connectivity index (χ0) is 26.0. The Morgan fingerprint density at radius 3 is 2.23 bits per heavy atom. The maximum Gasteiger partial charge on any atom is 0.339 e. The van der Waals surface area contributed by atoms with Gasteiger partial charge in [0, 0.05) is 28.3 Å². The van der Waals surface area contributed by atoms with E-state index in [0.717, 1.165) is 33.2 Å².